The molecule has 0 aromatic carbocycles. The standard InChI is InChI=1S/C16H29N3/c1-5-8-9-10-19(4)16-12-14(13-17-7-3)11-15(6-2)18-16/h11-12,17H,5-10,13H2,1-4H3. The van der Waals surface area contributed by atoms with Crippen molar-refractivity contribution in [2.45, 2.75) is 53.0 Å². The van der Waals surface area contributed by atoms with Gasteiger partial charge >= 0.3 is 0 Å². The SMILES string of the molecule is CCCCCN(C)c1cc(CNCC)cc(CC)n1. The van der Waals surface area contributed by atoms with Gasteiger partial charge in [0.05, 0.1) is 0 Å². The summed E-state index contributed by atoms with van der Waals surface area (Å²) in [5.41, 5.74) is 2.53. The lowest BCUT2D eigenvalue weighted by molar-refractivity contribution is 0.697. The molecule has 0 aliphatic rings. The Labute approximate surface area is 118 Å². The molecule has 0 unspecified atom stereocenters. The third kappa shape index (κ3) is 5.60. The molecule has 3 heteroatoms. The van der Waals surface area contributed by atoms with E-state index in [2.05, 4.69) is 50.2 Å². The van der Waals surface area contributed by atoms with Crippen LogP contribution in [0.25, 0.3) is 0 Å². The lowest BCUT2D eigenvalue weighted by atomic mass is 10.2. The van der Waals surface area contributed by atoms with Crippen LogP contribution < -0.4 is 10.2 Å². The van der Waals surface area contributed by atoms with Crippen LogP contribution in [0.1, 0.15) is 51.3 Å². The quantitative estimate of drug-likeness (QED) is 0.692. The van der Waals surface area contributed by atoms with Crippen LogP contribution in [0.15, 0.2) is 12.1 Å². The third-order valence-electron chi connectivity index (χ3n) is 3.35. The highest BCUT2D eigenvalue weighted by atomic mass is 15.2. The minimum absolute atomic E-state index is 0.932. The highest BCUT2D eigenvalue weighted by Gasteiger charge is 2.06. The molecule has 1 heterocycles. The van der Waals surface area contributed by atoms with Gasteiger partial charge in [0.2, 0.25) is 0 Å². The van der Waals surface area contributed by atoms with Gasteiger partial charge in [-0.05, 0) is 37.1 Å². The summed E-state index contributed by atoms with van der Waals surface area (Å²) in [4.78, 5) is 7.02. The van der Waals surface area contributed by atoms with Crippen LogP contribution in [0, 0.1) is 0 Å². The predicted octanol–water partition coefficient (Wildman–Crippen LogP) is 3.38. The molecule has 1 aromatic rings. The Morgan fingerprint density at radius 2 is 1.95 bits per heavy atom. The zero-order valence-electron chi connectivity index (χ0n) is 13.0. The maximum Gasteiger partial charge on any atom is 0.128 e. The normalized spacial score (nSPS) is 10.7. The van der Waals surface area contributed by atoms with E-state index in [0.717, 1.165) is 31.9 Å². The number of anilines is 1. The fourth-order valence-corrected chi connectivity index (χ4v) is 2.09. The van der Waals surface area contributed by atoms with Gasteiger partial charge in [-0.2, -0.15) is 0 Å². The molecular formula is C16H29N3. The second kappa shape index (κ2) is 8.92. The molecule has 0 aliphatic carbocycles. The molecule has 3 nitrogen and oxygen atoms in total. The first-order valence-corrected chi connectivity index (χ1v) is 7.62. The van der Waals surface area contributed by atoms with Crippen molar-refractivity contribution in [1.29, 1.82) is 0 Å². The van der Waals surface area contributed by atoms with Crippen LogP contribution in [0.3, 0.4) is 0 Å². The van der Waals surface area contributed by atoms with Crippen LogP contribution in [0.2, 0.25) is 0 Å². The Bertz CT molecular complexity index is 363. The molecule has 1 N–H and O–H groups in total. The smallest absolute Gasteiger partial charge is 0.128 e. The topological polar surface area (TPSA) is 28.2 Å². The number of rotatable bonds is 9. The molecule has 1 aromatic heterocycles. The predicted molar refractivity (Wildman–Crippen MR) is 83.8 cm³/mol. The molecule has 0 saturated heterocycles. The van der Waals surface area contributed by atoms with Gasteiger partial charge in [0, 0.05) is 25.8 Å². The van der Waals surface area contributed by atoms with Gasteiger partial charge in [-0.1, -0.05) is 33.6 Å². The summed E-state index contributed by atoms with van der Waals surface area (Å²) in [5, 5.41) is 3.39. The molecule has 0 aliphatic heterocycles. The van der Waals surface area contributed by atoms with Crippen molar-refractivity contribution >= 4 is 5.82 Å². The maximum atomic E-state index is 4.74. The third-order valence-corrected chi connectivity index (χ3v) is 3.35. The Kier molecular flexibility index (Phi) is 7.49. The molecule has 1 rings (SSSR count). The van der Waals surface area contributed by atoms with Gasteiger partial charge in [-0.15, -0.1) is 0 Å². The van der Waals surface area contributed by atoms with E-state index in [1.807, 2.05) is 0 Å². The van der Waals surface area contributed by atoms with Gasteiger partial charge < -0.3 is 10.2 Å². The lowest BCUT2D eigenvalue weighted by Crippen LogP contribution is -2.21. The second-order valence-electron chi connectivity index (χ2n) is 5.09. The van der Waals surface area contributed by atoms with Gasteiger partial charge in [0.15, 0.2) is 0 Å². The minimum Gasteiger partial charge on any atom is -0.360 e. The molecule has 108 valence electrons. The number of aryl methyl sites for hydroxylation is 1. The van der Waals surface area contributed by atoms with Crippen LogP contribution in [-0.2, 0) is 13.0 Å². The van der Waals surface area contributed by atoms with Crippen molar-refractivity contribution in [2.24, 2.45) is 0 Å². The first-order chi connectivity index (χ1) is 9.21. The average molecular weight is 263 g/mol. The summed E-state index contributed by atoms with van der Waals surface area (Å²) in [6.45, 7) is 9.58. The van der Waals surface area contributed by atoms with Crippen LogP contribution in [0.4, 0.5) is 5.82 Å². The number of hydrogen-bond donors (Lipinski definition) is 1. The van der Waals surface area contributed by atoms with Gasteiger partial charge in [0.1, 0.15) is 5.82 Å². The summed E-state index contributed by atoms with van der Waals surface area (Å²) >= 11 is 0. The summed E-state index contributed by atoms with van der Waals surface area (Å²) in [5.74, 6) is 1.11. The Morgan fingerprint density at radius 1 is 1.16 bits per heavy atom. The van der Waals surface area contributed by atoms with E-state index in [0.29, 0.717) is 0 Å². The largest absolute Gasteiger partial charge is 0.360 e. The molecule has 19 heavy (non-hydrogen) atoms. The van der Waals surface area contributed by atoms with E-state index in [9.17, 15) is 0 Å². The summed E-state index contributed by atoms with van der Waals surface area (Å²) in [7, 11) is 2.15. The van der Waals surface area contributed by atoms with Crippen LogP contribution >= 0.6 is 0 Å². The fraction of sp³-hybridized carbons (Fsp3) is 0.688. The van der Waals surface area contributed by atoms with E-state index in [4.69, 9.17) is 4.98 Å². The van der Waals surface area contributed by atoms with Crippen LogP contribution in [0.5, 0.6) is 0 Å². The zero-order valence-corrected chi connectivity index (χ0v) is 13.0. The molecule has 0 fully saturated rings. The highest BCUT2D eigenvalue weighted by Crippen LogP contribution is 2.15. The van der Waals surface area contributed by atoms with E-state index in [-0.39, 0.29) is 0 Å². The molecule has 0 spiro atoms. The Balaban J connectivity index is 2.74. The lowest BCUT2D eigenvalue weighted by Gasteiger charge is -2.20. The second-order valence-corrected chi connectivity index (χ2v) is 5.09. The number of hydrogen-bond acceptors (Lipinski definition) is 3. The molecule has 0 amide bonds. The molecule has 0 saturated carbocycles. The summed E-state index contributed by atoms with van der Waals surface area (Å²) < 4.78 is 0. The van der Waals surface area contributed by atoms with Crippen molar-refractivity contribution in [3.05, 3.63) is 23.4 Å². The van der Waals surface area contributed by atoms with Crippen LogP contribution in [-0.4, -0.2) is 25.1 Å². The number of pyridine rings is 1. The molecule has 0 radical (unpaired) electrons. The van der Waals surface area contributed by atoms with Gasteiger partial charge in [0.25, 0.3) is 0 Å². The average Bonchev–Trinajstić information content (AvgIpc) is 2.44. The number of nitrogens with one attached hydrogen (secondary N) is 1. The Hall–Kier alpha value is -1.09. The fourth-order valence-electron chi connectivity index (χ4n) is 2.09. The van der Waals surface area contributed by atoms with Crippen molar-refractivity contribution < 1.29 is 0 Å². The van der Waals surface area contributed by atoms with E-state index >= 15 is 0 Å². The highest BCUT2D eigenvalue weighted by molar-refractivity contribution is 5.42. The van der Waals surface area contributed by atoms with Gasteiger partial charge in [-0.3, -0.25) is 0 Å². The van der Waals surface area contributed by atoms with E-state index in [1.165, 1.54) is 30.5 Å². The van der Waals surface area contributed by atoms with Gasteiger partial charge in [-0.25, -0.2) is 4.98 Å². The zero-order chi connectivity index (χ0) is 14.1. The maximum absolute atomic E-state index is 4.74. The van der Waals surface area contributed by atoms with E-state index < -0.39 is 0 Å². The van der Waals surface area contributed by atoms with Crippen molar-refractivity contribution in [2.75, 3.05) is 25.0 Å². The van der Waals surface area contributed by atoms with Crippen molar-refractivity contribution in [3.8, 4) is 0 Å². The summed E-state index contributed by atoms with van der Waals surface area (Å²) in [6.07, 6.45) is 4.80. The monoisotopic (exact) mass is 263 g/mol. The van der Waals surface area contributed by atoms with Crippen molar-refractivity contribution in [1.82, 2.24) is 10.3 Å². The number of nitrogens with zero attached hydrogens (tertiary/aromatic N) is 2. The number of unbranched alkanes of at least 4 members (excludes halogenated alkanes) is 2. The first-order valence-electron chi connectivity index (χ1n) is 7.62. The summed E-state index contributed by atoms with van der Waals surface area (Å²) in [6, 6.07) is 4.43. The van der Waals surface area contributed by atoms with Crippen molar-refractivity contribution in [3.63, 3.8) is 0 Å². The molecular weight excluding hydrogens is 234 g/mol. The Morgan fingerprint density at radius 3 is 2.58 bits per heavy atom. The number of aromatic nitrogens is 1. The molecule has 0 atom stereocenters. The first kappa shape index (κ1) is 16.0. The molecule has 0 bridgehead atoms. The van der Waals surface area contributed by atoms with E-state index in [1.54, 1.807) is 0 Å². The minimum atomic E-state index is 0.932.